The summed E-state index contributed by atoms with van der Waals surface area (Å²) in [6.45, 7) is 8.08. The van der Waals surface area contributed by atoms with Crippen LogP contribution < -0.4 is 4.87 Å². The monoisotopic (exact) mass is 237 g/mol. The molecule has 0 amide bonds. The number of thiazole rings is 1. The number of fused-ring (bicyclic) bond motifs is 1. The molecule has 0 bridgehead atoms. The van der Waals surface area contributed by atoms with E-state index in [1.807, 2.05) is 27.7 Å². The van der Waals surface area contributed by atoms with E-state index >= 15 is 0 Å². The maximum atomic E-state index is 11.8. The van der Waals surface area contributed by atoms with Gasteiger partial charge in [-0.25, -0.2) is 9.97 Å². The Morgan fingerprint density at radius 3 is 2.56 bits per heavy atom. The largest absolute Gasteiger partial charge is 0.309 e. The molecule has 0 saturated heterocycles. The van der Waals surface area contributed by atoms with Crippen molar-refractivity contribution in [2.24, 2.45) is 0 Å². The maximum Gasteiger partial charge on any atom is 0.309 e. The minimum Gasteiger partial charge on any atom is -0.280 e. The molecule has 0 aromatic carbocycles. The van der Waals surface area contributed by atoms with Crippen molar-refractivity contribution in [3.8, 4) is 0 Å². The van der Waals surface area contributed by atoms with Crippen LogP contribution in [0.4, 0.5) is 0 Å². The van der Waals surface area contributed by atoms with Crippen molar-refractivity contribution in [3.63, 3.8) is 0 Å². The van der Waals surface area contributed by atoms with E-state index in [1.54, 1.807) is 10.8 Å². The highest BCUT2D eigenvalue weighted by Crippen LogP contribution is 2.19. The Balaban J connectivity index is 2.75. The first-order valence-corrected chi connectivity index (χ1v) is 6.20. The van der Waals surface area contributed by atoms with Crippen LogP contribution in [-0.2, 0) is 0 Å². The molecule has 2 rings (SSSR count). The lowest BCUT2D eigenvalue weighted by Crippen LogP contribution is -2.15. The first kappa shape index (κ1) is 11.3. The molecule has 4 nitrogen and oxygen atoms in total. The molecule has 2 aromatic rings. The third-order valence-electron chi connectivity index (χ3n) is 2.41. The average molecular weight is 237 g/mol. The van der Waals surface area contributed by atoms with Crippen LogP contribution in [0.1, 0.15) is 45.5 Å². The van der Waals surface area contributed by atoms with Crippen molar-refractivity contribution in [2.45, 2.75) is 39.7 Å². The van der Waals surface area contributed by atoms with Crippen molar-refractivity contribution in [1.29, 1.82) is 0 Å². The molecule has 0 aliphatic heterocycles. The van der Waals surface area contributed by atoms with Crippen LogP contribution in [0.2, 0.25) is 0 Å². The fraction of sp³-hybridized carbons (Fsp3) is 0.545. The van der Waals surface area contributed by atoms with E-state index in [2.05, 4.69) is 9.97 Å². The van der Waals surface area contributed by atoms with Gasteiger partial charge in [0.25, 0.3) is 0 Å². The minimum atomic E-state index is 0.0419. The SMILES string of the molecule is CC(C)c1ncc2sc(=O)n(C(C)C)c2n1. The van der Waals surface area contributed by atoms with E-state index < -0.39 is 0 Å². The Hall–Kier alpha value is -1.23. The summed E-state index contributed by atoms with van der Waals surface area (Å²) < 4.78 is 2.59. The second kappa shape index (κ2) is 3.97. The number of hydrogen-bond donors (Lipinski definition) is 0. The third-order valence-corrected chi connectivity index (χ3v) is 3.29. The molecule has 0 fully saturated rings. The van der Waals surface area contributed by atoms with Gasteiger partial charge in [-0.2, -0.15) is 0 Å². The highest BCUT2D eigenvalue weighted by atomic mass is 32.1. The molecule has 0 spiro atoms. The standard InChI is InChI=1S/C11H15N3OS/c1-6(2)9-12-5-8-10(13-9)14(7(3)4)11(15)16-8/h5-7H,1-4H3. The van der Waals surface area contributed by atoms with Gasteiger partial charge in [0.1, 0.15) is 5.82 Å². The summed E-state index contributed by atoms with van der Waals surface area (Å²) in [4.78, 5) is 20.6. The van der Waals surface area contributed by atoms with Gasteiger partial charge in [-0.05, 0) is 13.8 Å². The minimum absolute atomic E-state index is 0.0419. The van der Waals surface area contributed by atoms with E-state index in [4.69, 9.17) is 0 Å². The summed E-state index contributed by atoms with van der Waals surface area (Å²) in [6.07, 6.45) is 1.75. The molecule has 2 aromatic heterocycles. The summed E-state index contributed by atoms with van der Waals surface area (Å²) in [5, 5.41) is 0. The van der Waals surface area contributed by atoms with Crippen LogP contribution >= 0.6 is 11.3 Å². The smallest absolute Gasteiger partial charge is 0.280 e. The fourth-order valence-electron chi connectivity index (χ4n) is 1.58. The summed E-state index contributed by atoms with van der Waals surface area (Å²) >= 11 is 1.21. The molecule has 0 radical (unpaired) electrons. The van der Waals surface area contributed by atoms with Crippen LogP contribution in [0.15, 0.2) is 11.0 Å². The van der Waals surface area contributed by atoms with Crippen LogP contribution in [-0.4, -0.2) is 14.5 Å². The summed E-state index contributed by atoms with van der Waals surface area (Å²) in [7, 11) is 0. The van der Waals surface area contributed by atoms with Crippen LogP contribution in [0.25, 0.3) is 10.3 Å². The summed E-state index contributed by atoms with van der Waals surface area (Å²) in [5.41, 5.74) is 0.767. The molecule has 0 atom stereocenters. The van der Waals surface area contributed by atoms with Gasteiger partial charge >= 0.3 is 4.87 Å². The van der Waals surface area contributed by atoms with Gasteiger partial charge in [0.2, 0.25) is 0 Å². The lowest BCUT2D eigenvalue weighted by molar-refractivity contribution is 0.603. The van der Waals surface area contributed by atoms with Crippen LogP contribution in [0, 0.1) is 0 Å². The first-order chi connectivity index (χ1) is 7.50. The van der Waals surface area contributed by atoms with Gasteiger partial charge in [-0.1, -0.05) is 25.2 Å². The van der Waals surface area contributed by atoms with Crippen LogP contribution in [0.3, 0.4) is 0 Å². The highest BCUT2D eigenvalue weighted by Gasteiger charge is 2.13. The molecule has 16 heavy (non-hydrogen) atoms. The van der Waals surface area contributed by atoms with E-state index in [0.717, 1.165) is 16.2 Å². The molecule has 0 saturated carbocycles. The second-order valence-electron chi connectivity index (χ2n) is 4.40. The zero-order chi connectivity index (χ0) is 11.9. The van der Waals surface area contributed by atoms with Gasteiger partial charge in [-0.15, -0.1) is 0 Å². The predicted molar refractivity (Wildman–Crippen MR) is 66.1 cm³/mol. The van der Waals surface area contributed by atoms with Gasteiger partial charge < -0.3 is 0 Å². The molecule has 5 heteroatoms. The van der Waals surface area contributed by atoms with Crippen molar-refractivity contribution >= 4 is 21.7 Å². The number of aromatic nitrogens is 3. The normalized spacial score (nSPS) is 11.9. The summed E-state index contributed by atoms with van der Waals surface area (Å²) in [5.74, 6) is 1.07. The van der Waals surface area contributed by atoms with Crippen molar-refractivity contribution in [3.05, 3.63) is 21.7 Å². The number of hydrogen-bond acceptors (Lipinski definition) is 4. The average Bonchev–Trinajstić information content (AvgIpc) is 2.51. The molecule has 0 unspecified atom stereocenters. The molecule has 86 valence electrons. The Bertz CT molecular complexity index is 568. The second-order valence-corrected chi connectivity index (χ2v) is 5.40. The van der Waals surface area contributed by atoms with Crippen LogP contribution in [0.5, 0.6) is 0 Å². The van der Waals surface area contributed by atoms with Crippen molar-refractivity contribution in [2.75, 3.05) is 0 Å². The Morgan fingerprint density at radius 2 is 2.00 bits per heavy atom. The lowest BCUT2D eigenvalue weighted by Gasteiger charge is -2.08. The Kier molecular flexibility index (Phi) is 2.80. The zero-order valence-electron chi connectivity index (χ0n) is 9.89. The summed E-state index contributed by atoms with van der Waals surface area (Å²) in [6, 6.07) is 0.135. The van der Waals surface area contributed by atoms with Gasteiger partial charge in [0, 0.05) is 12.0 Å². The lowest BCUT2D eigenvalue weighted by atomic mass is 10.2. The quantitative estimate of drug-likeness (QED) is 0.806. The molecule has 0 aliphatic carbocycles. The van der Waals surface area contributed by atoms with E-state index in [-0.39, 0.29) is 16.8 Å². The van der Waals surface area contributed by atoms with Gasteiger partial charge in [-0.3, -0.25) is 9.36 Å². The molecule has 0 N–H and O–H groups in total. The number of rotatable bonds is 2. The predicted octanol–water partition coefficient (Wildman–Crippen LogP) is 2.56. The molecule has 0 aliphatic rings. The topological polar surface area (TPSA) is 47.8 Å². The van der Waals surface area contributed by atoms with Gasteiger partial charge in [0.15, 0.2) is 5.65 Å². The van der Waals surface area contributed by atoms with E-state index in [9.17, 15) is 4.79 Å². The van der Waals surface area contributed by atoms with Crippen molar-refractivity contribution in [1.82, 2.24) is 14.5 Å². The van der Waals surface area contributed by atoms with Gasteiger partial charge in [0.05, 0.1) is 10.9 Å². The third kappa shape index (κ3) is 1.75. The highest BCUT2D eigenvalue weighted by molar-refractivity contribution is 7.16. The number of nitrogens with zero attached hydrogens (tertiary/aromatic N) is 3. The molecular formula is C11H15N3OS. The first-order valence-electron chi connectivity index (χ1n) is 5.38. The Labute approximate surface area is 98.0 Å². The maximum absolute atomic E-state index is 11.8. The van der Waals surface area contributed by atoms with Crippen molar-refractivity contribution < 1.29 is 0 Å². The van der Waals surface area contributed by atoms with E-state index in [1.165, 1.54) is 11.3 Å². The van der Waals surface area contributed by atoms with E-state index in [0.29, 0.717) is 0 Å². The Morgan fingerprint density at radius 1 is 1.31 bits per heavy atom. The fourth-order valence-corrected chi connectivity index (χ4v) is 2.51. The molecule has 2 heterocycles. The zero-order valence-corrected chi connectivity index (χ0v) is 10.7. The molecular weight excluding hydrogens is 222 g/mol.